The van der Waals surface area contributed by atoms with Crippen molar-refractivity contribution < 1.29 is 13.7 Å². The number of carbonyl (C=O) groups excluding carboxylic acids is 1. The summed E-state index contributed by atoms with van der Waals surface area (Å²) in [6.45, 7) is 2.14. The second kappa shape index (κ2) is 6.95. The third-order valence-corrected chi connectivity index (χ3v) is 4.44. The Labute approximate surface area is 149 Å². The topological polar surface area (TPSA) is 62.5 Å². The number of para-hydroxylation sites is 1. The highest BCUT2D eigenvalue weighted by atomic mass is 19.1. The molecule has 0 saturated carbocycles. The van der Waals surface area contributed by atoms with Crippen molar-refractivity contribution in [2.24, 2.45) is 0 Å². The second-order valence-corrected chi connectivity index (χ2v) is 6.05. The quantitative estimate of drug-likeness (QED) is 0.725. The number of carbonyl (C=O) groups is 1. The van der Waals surface area contributed by atoms with Crippen LogP contribution in [0.2, 0.25) is 0 Å². The fraction of sp³-hybridized carbons (Fsp3) is 0.211. The molecule has 0 unspecified atom stereocenters. The van der Waals surface area contributed by atoms with E-state index in [1.165, 1.54) is 6.07 Å². The van der Waals surface area contributed by atoms with Crippen molar-refractivity contribution in [2.45, 2.75) is 0 Å². The Morgan fingerprint density at radius 3 is 2.62 bits per heavy atom. The molecule has 1 aromatic carbocycles. The summed E-state index contributed by atoms with van der Waals surface area (Å²) in [5.41, 5.74) is 1.60. The van der Waals surface area contributed by atoms with Gasteiger partial charge in [-0.25, -0.2) is 4.39 Å². The van der Waals surface area contributed by atoms with E-state index in [0.717, 1.165) is 5.56 Å². The summed E-state index contributed by atoms with van der Waals surface area (Å²) in [6.07, 6.45) is 3.32. The SMILES string of the molecule is O=C(c1cc(-c2cccnc2)on1)N1CCN(c2ccccc2F)CC1. The van der Waals surface area contributed by atoms with Gasteiger partial charge in [0.05, 0.1) is 5.69 Å². The molecule has 2 aromatic heterocycles. The number of aromatic nitrogens is 2. The Bertz CT molecular complexity index is 905. The van der Waals surface area contributed by atoms with Crippen LogP contribution in [0, 0.1) is 5.82 Å². The third kappa shape index (κ3) is 3.15. The summed E-state index contributed by atoms with van der Waals surface area (Å²) >= 11 is 0. The van der Waals surface area contributed by atoms with Crippen molar-refractivity contribution >= 4 is 11.6 Å². The molecule has 7 heteroatoms. The normalized spacial score (nSPS) is 14.5. The van der Waals surface area contributed by atoms with E-state index >= 15 is 0 Å². The lowest BCUT2D eigenvalue weighted by atomic mass is 10.2. The molecule has 1 saturated heterocycles. The third-order valence-electron chi connectivity index (χ3n) is 4.44. The first kappa shape index (κ1) is 16.3. The molecule has 0 spiro atoms. The van der Waals surface area contributed by atoms with Gasteiger partial charge in [0.1, 0.15) is 5.82 Å². The van der Waals surface area contributed by atoms with E-state index in [-0.39, 0.29) is 17.4 Å². The van der Waals surface area contributed by atoms with Gasteiger partial charge in [0.15, 0.2) is 11.5 Å². The molecule has 3 heterocycles. The molecule has 4 rings (SSSR count). The standard InChI is InChI=1S/C19H17FN4O2/c20-15-5-1-2-6-17(15)23-8-10-24(11-9-23)19(25)16-12-18(26-22-16)14-4-3-7-21-13-14/h1-7,12-13H,8-11H2. The number of piperazine rings is 1. The van der Waals surface area contributed by atoms with E-state index in [2.05, 4.69) is 10.1 Å². The van der Waals surface area contributed by atoms with Gasteiger partial charge in [-0.3, -0.25) is 9.78 Å². The first-order chi connectivity index (χ1) is 12.7. The molecular formula is C19H17FN4O2. The number of benzene rings is 1. The molecule has 132 valence electrons. The number of anilines is 1. The van der Waals surface area contributed by atoms with Gasteiger partial charge in [0, 0.05) is 50.2 Å². The summed E-state index contributed by atoms with van der Waals surface area (Å²) in [5, 5.41) is 3.89. The second-order valence-electron chi connectivity index (χ2n) is 6.05. The number of amides is 1. The molecule has 0 N–H and O–H groups in total. The summed E-state index contributed by atoms with van der Waals surface area (Å²) in [7, 11) is 0. The van der Waals surface area contributed by atoms with Crippen molar-refractivity contribution in [3.8, 4) is 11.3 Å². The average molecular weight is 352 g/mol. The maximum atomic E-state index is 13.9. The van der Waals surface area contributed by atoms with E-state index < -0.39 is 0 Å². The Morgan fingerprint density at radius 2 is 1.88 bits per heavy atom. The number of nitrogens with zero attached hydrogens (tertiary/aromatic N) is 4. The Kier molecular flexibility index (Phi) is 4.35. The van der Waals surface area contributed by atoms with E-state index in [1.54, 1.807) is 41.6 Å². The highest BCUT2D eigenvalue weighted by molar-refractivity contribution is 5.93. The van der Waals surface area contributed by atoms with Crippen molar-refractivity contribution in [1.29, 1.82) is 0 Å². The maximum absolute atomic E-state index is 13.9. The zero-order valence-electron chi connectivity index (χ0n) is 14.0. The number of pyridine rings is 1. The molecule has 1 aliphatic rings. The van der Waals surface area contributed by atoms with E-state index in [4.69, 9.17) is 4.52 Å². The molecule has 0 aliphatic carbocycles. The molecule has 1 fully saturated rings. The van der Waals surface area contributed by atoms with Gasteiger partial charge in [-0.05, 0) is 24.3 Å². The van der Waals surface area contributed by atoms with Gasteiger partial charge in [0.2, 0.25) is 0 Å². The molecule has 26 heavy (non-hydrogen) atoms. The minimum Gasteiger partial charge on any atom is -0.366 e. The number of rotatable bonds is 3. The van der Waals surface area contributed by atoms with Gasteiger partial charge in [-0.1, -0.05) is 17.3 Å². The van der Waals surface area contributed by atoms with Gasteiger partial charge < -0.3 is 14.3 Å². The minimum atomic E-state index is -0.245. The number of hydrogen-bond donors (Lipinski definition) is 0. The van der Waals surface area contributed by atoms with Crippen LogP contribution < -0.4 is 4.90 Å². The average Bonchev–Trinajstić information content (AvgIpc) is 3.19. The summed E-state index contributed by atoms with van der Waals surface area (Å²) < 4.78 is 19.2. The van der Waals surface area contributed by atoms with E-state index in [9.17, 15) is 9.18 Å². The Balaban J connectivity index is 1.43. The van der Waals surface area contributed by atoms with Crippen LogP contribution in [-0.2, 0) is 0 Å². The first-order valence-corrected chi connectivity index (χ1v) is 8.38. The van der Waals surface area contributed by atoms with Crippen LogP contribution in [0.1, 0.15) is 10.5 Å². The van der Waals surface area contributed by atoms with E-state index in [1.807, 2.05) is 17.0 Å². The Morgan fingerprint density at radius 1 is 1.08 bits per heavy atom. The largest absolute Gasteiger partial charge is 0.366 e. The van der Waals surface area contributed by atoms with Crippen LogP contribution in [0.5, 0.6) is 0 Å². The number of halogens is 1. The lowest BCUT2D eigenvalue weighted by Crippen LogP contribution is -2.49. The highest BCUT2D eigenvalue weighted by Crippen LogP contribution is 2.22. The summed E-state index contributed by atoms with van der Waals surface area (Å²) in [6, 6.07) is 11.9. The van der Waals surface area contributed by atoms with Crippen molar-refractivity contribution in [3.63, 3.8) is 0 Å². The molecular weight excluding hydrogens is 335 g/mol. The fourth-order valence-electron chi connectivity index (χ4n) is 3.04. The van der Waals surface area contributed by atoms with Crippen molar-refractivity contribution in [3.05, 3.63) is 66.4 Å². The van der Waals surface area contributed by atoms with Crippen LogP contribution in [0.3, 0.4) is 0 Å². The monoisotopic (exact) mass is 352 g/mol. The lowest BCUT2D eigenvalue weighted by Gasteiger charge is -2.35. The van der Waals surface area contributed by atoms with Crippen molar-refractivity contribution in [1.82, 2.24) is 15.0 Å². The van der Waals surface area contributed by atoms with Crippen LogP contribution in [-0.4, -0.2) is 47.1 Å². The molecule has 3 aromatic rings. The highest BCUT2D eigenvalue weighted by Gasteiger charge is 2.25. The van der Waals surface area contributed by atoms with Crippen LogP contribution >= 0.6 is 0 Å². The molecule has 0 bridgehead atoms. The summed E-state index contributed by atoms with van der Waals surface area (Å²) in [5.74, 6) is 0.0772. The predicted molar refractivity (Wildman–Crippen MR) is 94.3 cm³/mol. The molecule has 6 nitrogen and oxygen atoms in total. The van der Waals surface area contributed by atoms with Crippen molar-refractivity contribution in [2.75, 3.05) is 31.1 Å². The van der Waals surface area contributed by atoms with Gasteiger partial charge in [-0.15, -0.1) is 0 Å². The zero-order chi connectivity index (χ0) is 17.9. The first-order valence-electron chi connectivity index (χ1n) is 8.38. The minimum absolute atomic E-state index is 0.183. The molecule has 0 atom stereocenters. The van der Waals surface area contributed by atoms with Gasteiger partial charge in [-0.2, -0.15) is 0 Å². The van der Waals surface area contributed by atoms with Crippen LogP contribution in [0.4, 0.5) is 10.1 Å². The predicted octanol–water partition coefficient (Wildman–Crippen LogP) is 2.84. The zero-order valence-corrected chi connectivity index (χ0v) is 14.0. The molecule has 1 aliphatic heterocycles. The number of hydrogen-bond acceptors (Lipinski definition) is 5. The maximum Gasteiger partial charge on any atom is 0.276 e. The smallest absolute Gasteiger partial charge is 0.276 e. The summed E-state index contributed by atoms with van der Waals surface area (Å²) in [4.78, 5) is 20.3. The van der Waals surface area contributed by atoms with Gasteiger partial charge >= 0.3 is 0 Å². The van der Waals surface area contributed by atoms with E-state index in [0.29, 0.717) is 37.6 Å². The van der Waals surface area contributed by atoms with Gasteiger partial charge in [0.25, 0.3) is 5.91 Å². The fourth-order valence-corrected chi connectivity index (χ4v) is 3.04. The lowest BCUT2D eigenvalue weighted by molar-refractivity contribution is 0.0736. The van der Waals surface area contributed by atoms with Crippen LogP contribution in [0.25, 0.3) is 11.3 Å². The Hall–Kier alpha value is -3.22. The van der Waals surface area contributed by atoms with Crippen LogP contribution in [0.15, 0.2) is 59.4 Å². The molecule has 1 amide bonds. The molecule has 0 radical (unpaired) electrons.